The van der Waals surface area contributed by atoms with Crippen molar-refractivity contribution in [3.05, 3.63) is 35.1 Å². The van der Waals surface area contributed by atoms with Crippen LogP contribution in [0.4, 0.5) is 4.39 Å². The van der Waals surface area contributed by atoms with E-state index in [0.29, 0.717) is 31.2 Å². The molecule has 0 radical (unpaired) electrons. The summed E-state index contributed by atoms with van der Waals surface area (Å²) in [6.45, 7) is 3.88. The zero-order chi connectivity index (χ0) is 18.4. The first-order valence-electron chi connectivity index (χ1n) is 8.57. The topological polar surface area (TPSA) is 87.3 Å². The molecule has 3 amide bonds. The molecule has 1 heterocycles. The molecule has 1 saturated heterocycles. The van der Waals surface area contributed by atoms with Crippen molar-refractivity contribution in [1.29, 1.82) is 0 Å². The highest BCUT2D eigenvalue weighted by atomic mass is 19.1. The van der Waals surface area contributed by atoms with Crippen LogP contribution in [0.25, 0.3) is 0 Å². The monoisotopic (exact) mass is 349 g/mol. The highest BCUT2D eigenvalue weighted by Crippen LogP contribution is 2.12. The SMILES string of the molecule is CCc1ccc(F)cc1C(=O)N[C@H](C)CNC(=O)[C@H]1CCCC(=O)N1. The maximum Gasteiger partial charge on any atom is 0.251 e. The molecular formula is C18H24FN3O3. The molecule has 3 N–H and O–H groups in total. The largest absolute Gasteiger partial charge is 0.352 e. The van der Waals surface area contributed by atoms with E-state index in [1.165, 1.54) is 12.1 Å². The van der Waals surface area contributed by atoms with E-state index in [2.05, 4.69) is 16.0 Å². The molecule has 6 nitrogen and oxygen atoms in total. The molecule has 0 unspecified atom stereocenters. The Morgan fingerprint density at radius 2 is 2.16 bits per heavy atom. The molecule has 0 spiro atoms. The van der Waals surface area contributed by atoms with Crippen LogP contribution >= 0.6 is 0 Å². The van der Waals surface area contributed by atoms with Crippen molar-refractivity contribution in [3.8, 4) is 0 Å². The maximum absolute atomic E-state index is 13.4. The lowest BCUT2D eigenvalue weighted by Crippen LogP contribution is -2.51. The van der Waals surface area contributed by atoms with Gasteiger partial charge in [0, 0.05) is 24.6 Å². The van der Waals surface area contributed by atoms with Crippen LogP contribution < -0.4 is 16.0 Å². The van der Waals surface area contributed by atoms with E-state index in [9.17, 15) is 18.8 Å². The van der Waals surface area contributed by atoms with Gasteiger partial charge in [0.15, 0.2) is 0 Å². The van der Waals surface area contributed by atoms with Crippen LogP contribution in [0, 0.1) is 5.82 Å². The molecule has 0 aromatic heterocycles. The zero-order valence-electron chi connectivity index (χ0n) is 14.5. The maximum atomic E-state index is 13.4. The second kappa shape index (κ2) is 8.60. The number of rotatable bonds is 6. The number of hydrogen-bond acceptors (Lipinski definition) is 3. The second-order valence-corrected chi connectivity index (χ2v) is 6.29. The molecule has 0 saturated carbocycles. The molecule has 2 atom stereocenters. The third-order valence-electron chi connectivity index (χ3n) is 4.21. The van der Waals surface area contributed by atoms with E-state index in [-0.39, 0.29) is 30.3 Å². The van der Waals surface area contributed by atoms with E-state index in [4.69, 9.17) is 0 Å². The van der Waals surface area contributed by atoms with Gasteiger partial charge in [0.05, 0.1) is 0 Å². The number of halogens is 1. The number of benzene rings is 1. The summed E-state index contributed by atoms with van der Waals surface area (Å²) >= 11 is 0. The lowest BCUT2D eigenvalue weighted by molar-refractivity contribution is -0.131. The highest BCUT2D eigenvalue weighted by molar-refractivity contribution is 5.96. The number of carbonyl (C=O) groups excluding carboxylic acids is 3. The molecule has 1 aromatic rings. The molecule has 7 heteroatoms. The van der Waals surface area contributed by atoms with Crippen LogP contribution in [0.5, 0.6) is 0 Å². The second-order valence-electron chi connectivity index (χ2n) is 6.29. The summed E-state index contributed by atoms with van der Waals surface area (Å²) in [6.07, 6.45) is 2.37. The smallest absolute Gasteiger partial charge is 0.251 e. The third-order valence-corrected chi connectivity index (χ3v) is 4.21. The summed E-state index contributed by atoms with van der Waals surface area (Å²) in [5, 5.41) is 8.13. The number of amides is 3. The zero-order valence-corrected chi connectivity index (χ0v) is 14.5. The molecule has 136 valence electrons. The number of hydrogen-bond donors (Lipinski definition) is 3. The Kier molecular flexibility index (Phi) is 6.50. The van der Waals surface area contributed by atoms with Crippen molar-refractivity contribution in [2.45, 2.75) is 51.6 Å². The molecule has 1 aromatic carbocycles. The van der Waals surface area contributed by atoms with Crippen LogP contribution in [0.1, 0.15) is 49.0 Å². The van der Waals surface area contributed by atoms with Gasteiger partial charge in [-0.15, -0.1) is 0 Å². The highest BCUT2D eigenvalue weighted by Gasteiger charge is 2.24. The quantitative estimate of drug-likeness (QED) is 0.723. The minimum atomic E-state index is -0.515. The van der Waals surface area contributed by atoms with Crippen molar-refractivity contribution < 1.29 is 18.8 Å². The Bertz CT molecular complexity index is 663. The van der Waals surface area contributed by atoms with E-state index in [0.717, 1.165) is 5.56 Å². The van der Waals surface area contributed by atoms with Gasteiger partial charge in [-0.3, -0.25) is 14.4 Å². The first kappa shape index (κ1) is 18.9. The number of aryl methyl sites for hydroxylation is 1. The van der Waals surface area contributed by atoms with Crippen molar-refractivity contribution >= 4 is 17.7 Å². The Morgan fingerprint density at radius 3 is 2.84 bits per heavy atom. The fraction of sp³-hybridized carbons (Fsp3) is 0.500. The average molecular weight is 349 g/mol. The van der Waals surface area contributed by atoms with Gasteiger partial charge in [0.1, 0.15) is 11.9 Å². The number of piperidine rings is 1. The fourth-order valence-electron chi connectivity index (χ4n) is 2.80. The van der Waals surface area contributed by atoms with Gasteiger partial charge in [0.2, 0.25) is 11.8 Å². The van der Waals surface area contributed by atoms with Crippen LogP contribution in [0.15, 0.2) is 18.2 Å². The molecule has 0 aliphatic carbocycles. The Hall–Kier alpha value is -2.44. The fourth-order valence-corrected chi connectivity index (χ4v) is 2.80. The molecule has 1 aliphatic rings. The van der Waals surface area contributed by atoms with Gasteiger partial charge >= 0.3 is 0 Å². The summed E-state index contributed by atoms with van der Waals surface area (Å²) in [6, 6.07) is 3.31. The summed E-state index contributed by atoms with van der Waals surface area (Å²) in [5.74, 6) is -1.21. The average Bonchev–Trinajstić information content (AvgIpc) is 2.59. The summed E-state index contributed by atoms with van der Waals surface area (Å²) in [7, 11) is 0. The van der Waals surface area contributed by atoms with Gasteiger partial charge in [-0.1, -0.05) is 13.0 Å². The van der Waals surface area contributed by atoms with Gasteiger partial charge in [0.25, 0.3) is 5.91 Å². The predicted molar refractivity (Wildman–Crippen MR) is 91.5 cm³/mol. The van der Waals surface area contributed by atoms with Crippen molar-refractivity contribution in [2.75, 3.05) is 6.54 Å². The van der Waals surface area contributed by atoms with Crippen molar-refractivity contribution in [3.63, 3.8) is 0 Å². The Balaban J connectivity index is 1.86. The van der Waals surface area contributed by atoms with Crippen LogP contribution in [-0.4, -0.2) is 36.3 Å². The van der Waals surface area contributed by atoms with E-state index >= 15 is 0 Å². The summed E-state index contributed by atoms with van der Waals surface area (Å²) in [5.41, 5.74) is 1.07. The third kappa shape index (κ3) is 5.27. The van der Waals surface area contributed by atoms with E-state index in [1.807, 2.05) is 6.92 Å². The van der Waals surface area contributed by atoms with Gasteiger partial charge in [-0.25, -0.2) is 4.39 Å². The van der Waals surface area contributed by atoms with E-state index < -0.39 is 11.9 Å². The summed E-state index contributed by atoms with van der Waals surface area (Å²) < 4.78 is 13.4. The molecule has 1 fully saturated rings. The van der Waals surface area contributed by atoms with Crippen LogP contribution in [0.2, 0.25) is 0 Å². The van der Waals surface area contributed by atoms with Crippen LogP contribution in [0.3, 0.4) is 0 Å². The summed E-state index contributed by atoms with van der Waals surface area (Å²) in [4.78, 5) is 35.7. The van der Waals surface area contributed by atoms with Gasteiger partial charge in [-0.05, 0) is 43.9 Å². The van der Waals surface area contributed by atoms with E-state index in [1.54, 1.807) is 13.0 Å². The molecule has 2 rings (SSSR count). The molecule has 25 heavy (non-hydrogen) atoms. The Morgan fingerprint density at radius 1 is 1.40 bits per heavy atom. The normalized spacial score (nSPS) is 18.2. The van der Waals surface area contributed by atoms with Gasteiger partial charge < -0.3 is 16.0 Å². The molecule has 1 aliphatic heterocycles. The standard InChI is InChI=1S/C18H24FN3O3/c1-3-12-7-8-13(19)9-14(12)17(24)21-11(2)10-20-18(25)15-5-4-6-16(23)22-15/h7-9,11,15H,3-6,10H2,1-2H3,(H,20,25)(H,21,24)(H,22,23)/t11-,15-/m1/s1. The first-order chi connectivity index (χ1) is 11.9. The first-order valence-corrected chi connectivity index (χ1v) is 8.57. The van der Waals surface area contributed by atoms with Crippen LogP contribution in [-0.2, 0) is 16.0 Å². The van der Waals surface area contributed by atoms with Crippen molar-refractivity contribution in [2.24, 2.45) is 0 Å². The number of carbonyl (C=O) groups is 3. The lowest BCUT2D eigenvalue weighted by Gasteiger charge is -2.23. The Labute approximate surface area is 146 Å². The van der Waals surface area contributed by atoms with Gasteiger partial charge in [-0.2, -0.15) is 0 Å². The molecule has 0 bridgehead atoms. The number of nitrogens with one attached hydrogen (secondary N) is 3. The van der Waals surface area contributed by atoms with Crippen molar-refractivity contribution in [1.82, 2.24) is 16.0 Å². The lowest BCUT2D eigenvalue weighted by atomic mass is 10.0. The minimum Gasteiger partial charge on any atom is -0.352 e. The minimum absolute atomic E-state index is 0.119. The predicted octanol–water partition coefficient (Wildman–Crippen LogP) is 1.29. The molecular weight excluding hydrogens is 325 g/mol.